The molecule has 5 nitrogen and oxygen atoms in total. The number of pyridine rings is 1. The van der Waals surface area contributed by atoms with E-state index in [2.05, 4.69) is 101 Å². The van der Waals surface area contributed by atoms with Gasteiger partial charge in [-0.2, -0.15) is 0 Å². The lowest BCUT2D eigenvalue weighted by Gasteiger charge is -2.12. The third kappa shape index (κ3) is 2.70. The Hall–Kier alpha value is -5.81. The quantitative estimate of drug-likeness (QED) is 0.196. The van der Waals surface area contributed by atoms with Crippen LogP contribution in [0.3, 0.4) is 0 Å². The second kappa shape index (κ2) is 7.89. The lowest BCUT2D eigenvalue weighted by Crippen LogP contribution is -2.02. The summed E-state index contributed by atoms with van der Waals surface area (Å²) >= 11 is 0. The molecule has 10 aromatic rings. The van der Waals surface area contributed by atoms with Crippen molar-refractivity contribution in [3.05, 3.63) is 122 Å². The van der Waals surface area contributed by atoms with Crippen molar-refractivity contribution in [2.24, 2.45) is 0 Å². The van der Waals surface area contributed by atoms with Gasteiger partial charge in [-0.25, -0.2) is 9.97 Å². The van der Waals surface area contributed by atoms with Crippen LogP contribution in [0, 0.1) is 0 Å². The highest BCUT2D eigenvalue weighted by Crippen LogP contribution is 2.45. The van der Waals surface area contributed by atoms with E-state index >= 15 is 0 Å². The molecule has 42 heavy (non-hydrogen) atoms. The molecule has 0 amide bonds. The van der Waals surface area contributed by atoms with E-state index in [1.807, 2.05) is 30.7 Å². The van der Waals surface area contributed by atoms with Crippen LogP contribution in [0.5, 0.6) is 0 Å². The molecule has 0 spiro atoms. The molecule has 0 atom stereocenters. The van der Waals surface area contributed by atoms with Crippen LogP contribution < -0.4 is 0 Å². The van der Waals surface area contributed by atoms with E-state index in [-0.39, 0.29) is 0 Å². The molecule has 0 saturated heterocycles. The fraction of sp³-hybridized carbons (Fsp3) is 0. The molecule has 0 aliphatic heterocycles. The number of aromatic nitrogens is 4. The number of nitrogens with zero attached hydrogens (tertiary/aromatic N) is 4. The van der Waals surface area contributed by atoms with Gasteiger partial charge < -0.3 is 4.42 Å². The van der Waals surface area contributed by atoms with Gasteiger partial charge in [-0.3, -0.25) is 9.55 Å². The number of benzene rings is 6. The maximum atomic E-state index is 6.54. The summed E-state index contributed by atoms with van der Waals surface area (Å²) in [7, 11) is 0. The topological polar surface area (TPSA) is 56.7 Å². The van der Waals surface area contributed by atoms with Gasteiger partial charge in [0.25, 0.3) is 0 Å². The predicted octanol–water partition coefficient (Wildman–Crippen LogP) is 9.48. The molecule has 0 N–H and O–H groups in total. The largest absolute Gasteiger partial charge is 0.455 e. The van der Waals surface area contributed by atoms with Crippen LogP contribution in [0.4, 0.5) is 0 Å². The smallest absolute Gasteiger partial charge is 0.235 e. The zero-order chi connectivity index (χ0) is 27.4. The van der Waals surface area contributed by atoms with Crippen molar-refractivity contribution in [1.29, 1.82) is 0 Å². The molecule has 4 aromatic heterocycles. The van der Waals surface area contributed by atoms with Gasteiger partial charge in [-0.15, -0.1) is 0 Å². The van der Waals surface area contributed by atoms with Crippen LogP contribution in [0.15, 0.2) is 126 Å². The van der Waals surface area contributed by atoms with Crippen molar-refractivity contribution < 1.29 is 4.42 Å². The van der Waals surface area contributed by atoms with Gasteiger partial charge in [-0.1, -0.05) is 84.9 Å². The molecule has 0 fully saturated rings. The van der Waals surface area contributed by atoms with Crippen LogP contribution in [0.2, 0.25) is 0 Å². The first-order valence-electron chi connectivity index (χ1n) is 14.0. The Labute approximate surface area is 238 Å². The highest BCUT2D eigenvalue weighted by molar-refractivity contribution is 6.35. The summed E-state index contributed by atoms with van der Waals surface area (Å²) in [4.78, 5) is 14.9. The fourth-order valence-electron chi connectivity index (χ4n) is 6.98. The molecule has 10 rings (SSSR count). The summed E-state index contributed by atoms with van der Waals surface area (Å²) in [6, 6.07) is 35.9. The van der Waals surface area contributed by atoms with E-state index in [1.54, 1.807) is 0 Å². The minimum absolute atomic E-state index is 0.633. The maximum Gasteiger partial charge on any atom is 0.235 e. The van der Waals surface area contributed by atoms with Crippen molar-refractivity contribution >= 4 is 87.0 Å². The van der Waals surface area contributed by atoms with Crippen LogP contribution in [-0.4, -0.2) is 19.5 Å². The highest BCUT2D eigenvalue weighted by Gasteiger charge is 2.24. The van der Waals surface area contributed by atoms with Crippen molar-refractivity contribution in [1.82, 2.24) is 19.5 Å². The Balaban J connectivity index is 1.46. The highest BCUT2D eigenvalue weighted by atomic mass is 16.3. The SMILES string of the molecule is c1ccc2c(c1)oc1c3cnccc3c3c4ccccc4n(-c4ncc5c6ccccc6c6ccccc6c5n4)c3c21. The van der Waals surface area contributed by atoms with Gasteiger partial charge in [0.05, 0.1) is 21.9 Å². The summed E-state index contributed by atoms with van der Waals surface area (Å²) < 4.78 is 8.76. The number of rotatable bonds is 1. The Morgan fingerprint density at radius 2 is 1.19 bits per heavy atom. The second-order valence-corrected chi connectivity index (χ2v) is 10.8. The monoisotopic (exact) mass is 536 g/mol. The molecule has 0 bridgehead atoms. The Kier molecular flexibility index (Phi) is 4.12. The van der Waals surface area contributed by atoms with E-state index in [0.29, 0.717) is 5.95 Å². The lowest BCUT2D eigenvalue weighted by molar-refractivity contribution is 0.672. The molecule has 5 heteroatoms. The Bertz CT molecular complexity index is 2720. The fourth-order valence-corrected chi connectivity index (χ4v) is 6.98. The molecule has 0 saturated carbocycles. The molecular formula is C37H20N4O. The van der Waals surface area contributed by atoms with Gasteiger partial charge in [0, 0.05) is 50.9 Å². The van der Waals surface area contributed by atoms with Gasteiger partial charge in [0.2, 0.25) is 5.95 Å². The predicted molar refractivity (Wildman–Crippen MR) is 171 cm³/mol. The molecule has 0 aliphatic rings. The first kappa shape index (κ1) is 21.9. The van der Waals surface area contributed by atoms with Gasteiger partial charge in [0.1, 0.15) is 11.2 Å². The third-order valence-electron chi connectivity index (χ3n) is 8.71. The molecule has 4 heterocycles. The van der Waals surface area contributed by atoms with Gasteiger partial charge in [-0.05, 0) is 39.7 Å². The van der Waals surface area contributed by atoms with E-state index in [4.69, 9.17) is 14.4 Å². The second-order valence-electron chi connectivity index (χ2n) is 10.8. The number of para-hydroxylation sites is 2. The van der Waals surface area contributed by atoms with Crippen molar-refractivity contribution in [2.75, 3.05) is 0 Å². The number of hydrogen-bond acceptors (Lipinski definition) is 4. The Morgan fingerprint density at radius 1 is 0.524 bits per heavy atom. The zero-order valence-electron chi connectivity index (χ0n) is 22.2. The number of hydrogen-bond donors (Lipinski definition) is 0. The molecule has 0 aliphatic carbocycles. The third-order valence-corrected chi connectivity index (χ3v) is 8.71. The normalized spacial score (nSPS) is 12.3. The van der Waals surface area contributed by atoms with Crippen LogP contribution in [0.25, 0.3) is 92.9 Å². The maximum absolute atomic E-state index is 6.54. The van der Waals surface area contributed by atoms with Crippen molar-refractivity contribution in [3.8, 4) is 5.95 Å². The van der Waals surface area contributed by atoms with Crippen molar-refractivity contribution in [2.45, 2.75) is 0 Å². The summed E-state index contributed by atoms with van der Waals surface area (Å²) in [5, 5.41) is 12.2. The Morgan fingerprint density at radius 3 is 2.02 bits per heavy atom. The van der Waals surface area contributed by atoms with E-state index in [1.165, 1.54) is 10.8 Å². The molecule has 6 aromatic carbocycles. The minimum Gasteiger partial charge on any atom is -0.455 e. The first-order chi connectivity index (χ1) is 20.9. The average molecular weight is 537 g/mol. The van der Waals surface area contributed by atoms with Crippen LogP contribution in [0.1, 0.15) is 0 Å². The molecule has 0 unspecified atom stereocenters. The summed E-state index contributed by atoms with van der Waals surface area (Å²) in [5.41, 5.74) is 4.71. The van der Waals surface area contributed by atoms with Crippen molar-refractivity contribution in [3.63, 3.8) is 0 Å². The standard InChI is InChI=1S/C37H20N4O/c1-2-11-23-21(9-1)22-10-3-4-12-25(22)34-28(23)20-39-37(40-34)41-30-15-7-5-13-26(30)32-24-17-18-38-19-29(24)36-33(35(32)41)27-14-6-8-16-31(27)42-36/h1-20H. The summed E-state index contributed by atoms with van der Waals surface area (Å²) in [5.74, 6) is 0.633. The molecule has 0 radical (unpaired) electrons. The first-order valence-corrected chi connectivity index (χ1v) is 14.0. The number of furan rings is 1. The van der Waals surface area contributed by atoms with E-state index in [0.717, 1.165) is 76.2 Å². The van der Waals surface area contributed by atoms with Gasteiger partial charge in [0.15, 0.2) is 0 Å². The number of fused-ring (bicyclic) bond motifs is 16. The lowest BCUT2D eigenvalue weighted by atomic mass is 9.98. The van der Waals surface area contributed by atoms with Crippen LogP contribution >= 0.6 is 0 Å². The van der Waals surface area contributed by atoms with Gasteiger partial charge >= 0.3 is 0 Å². The summed E-state index contributed by atoms with van der Waals surface area (Å²) in [6.45, 7) is 0. The average Bonchev–Trinajstić information content (AvgIpc) is 3.61. The summed E-state index contributed by atoms with van der Waals surface area (Å²) in [6.07, 6.45) is 5.75. The molecule has 194 valence electrons. The molecular weight excluding hydrogens is 516 g/mol. The van der Waals surface area contributed by atoms with E-state index < -0.39 is 0 Å². The minimum atomic E-state index is 0.633. The van der Waals surface area contributed by atoms with Crippen LogP contribution in [-0.2, 0) is 0 Å². The zero-order valence-corrected chi connectivity index (χ0v) is 22.2. The van der Waals surface area contributed by atoms with E-state index in [9.17, 15) is 0 Å².